The Morgan fingerprint density at radius 1 is 1.57 bits per heavy atom. The average Bonchev–Trinajstić information content (AvgIpc) is 2.87. The standard InChI is InChI=1S/C11H9ClN6O3/c12-9-3-1-2-8(4-9)5-14-15-10(19)6-17-7-13-11(16-17)18(20)21/h1-5,7H,6H2,(H,15,19)/b14-5+. The molecule has 21 heavy (non-hydrogen) atoms. The van der Waals surface area contributed by atoms with Crippen molar-refractivity contribution in [3.05, 3.63) is 51.3 Å². The minimum absolute atomic E-state index is 0.228. The van der Waals surface area contributed by atoms with Crippen molar-refractivity contribution in [3.63, 3.8) is 0 Å². The van der Waals surface area contributed by atoms with Crippen molar-refractivity contribution in [3.8, 4) is 0 Å². The highest BCUT2D eigenvalue weighted by molar-refractivity contribution is 6.30. The molecule has 9 nitrogen and oxygen atoms in total. The zero-order chi connectivity index (χ0) is 15.2. The van der Waals surface area contributed by atoms with Crippen molar-refractivity contribution in [2.24, 2.45) is 5.10 Å². The van der Waals surface area contributed by atoms with Crippen LogP contribution in [0.15, 0.2) is 35.7 Å². The lowest BCUT2D eigenvalue weighted by molar-refractivity contribution is -0.394. The number of nitro groups is 1. The maximum atomic E-state index is 11.5. The average molecular weight is 309 g/mol. The molecular weight excluding hydrogens is 300 g/mol. The van der Waals surface area contributed by atoms with Gasteiger partial charge in [0.2, 0.25) is 6.33 Å². The first kappa shape index (κ1) is 14.6. The molecule has 0 radical (unpaired) electrons. The van der Waals surface area contributed by atoms with Crippen LogP contribution in [0.4, 0.5) is 5.95 Å². The normalized spacial score (nSPS) is 10.7. The van der Waals surface area contributed by atoms with Gasteiger partial charge in [-0.3, -0.25) is 4.79 Å². The van der Waals surface area contributed by atoms with Gasteiger partial charge in [0.25, 0.3) is 5.91 Å². The van der Waals surface area contributed by atoms with Crippen LogP contribution in [-0.2, 0) is 11.3 Å². The molecule has 108 valence electrons. The van der Waals surface area contributed by atoms with E-state index in [-0.39, 0.29) is 6.54 Å². The molecule has 0 spiro atoms. The molecule has 1 aromatic heterocycles. The fourth-order valence-corrected chi connectivity index (χ4v) is 1.59. The van der Waals surface area contributed by atoms with E-state index in [1.165, 1.54) is 6.21 Å². The number of nitrogens with zero attached hydrogens (tertiary/aromatic N) is 5. The van der Waals surface area contributed by atoms with Crippen molar-refractivity contribution in [1.82, 2.24) is 20.2 Å². The molecule has 1 amide bonds. The van der Waals surface area contributed by atoms with Gasteiger partial charge in [0.05, 0.1) is 6.21 Å². The molecule has 0 atom stereocenters. The second kappa shape index (κ2) is 6.57. The third kappa shape index (κ3) is 4.35. The first-order valence-corrected chi connectivity index (χ1v) is 6.04. The van der Waals surface area contributed by atoms with Crippen LogP contribution in [-0.4, -0.2) is 31.8 Å². The molecular formula is C11H9ClN6O3. The van der Waals surface area contributed by atoms with Crippen molar-refractivity contribution in [2.45, 2.75) is 6.54 Å². The molecule has 0 bridgehead atoms. The zero-order valence-corrected chi connectivity index (χ0v) is 11.3. The van der Waals surface area contributed by atoms with Crippen LogP contribution < -0.4 is 5.43 Å². The number of halogens is 1. The van der Waals surface area contributed by atoms with Gasteiger partial charge in [-0.25, -0.2) is 5.43 Å². The number of carbonyl (C=O) groups is 1. The Hall–Kier alpha value is -2.81. The summed E-state index contributed by atoms with van der Waals surface area (Å²) in [6.07, 6.45) is 2.52. The summed E-state index contributed by atoms with van der Waals surface area (Å²) in [4.78, 5) is 24.6. The van der Waals surface area contributed by atoms with E-state index in [4.69, 9.17) is 11.6 Å². The van der Waals surface area contributed by atoms with Crippen LogP contribution in [0.25, 0.3) is 0 Å². The maximum Gasteiger partial charge on any atom is 0.490 e. The Kier molecular flexibility index (Phi) is 4.57. The van der Waals surface area contributed by atoms with E-state index in [0.717, 1.165) is 16.6 Å². The number of rotatable bonds is 5. The van der Waals surface area contributed by atoms with Gasteiger partial charge in [0, 0.05) is 10.1 Å². The molecule has 1 aromatic carbocycles. The number of amides is 1. The molecule has 2 aromatic rings. The van der Waals surface area contributed by atoms with Gasteiger partial charge in [0.15, 0.2) is 0 Å². The minimum atomic E-state index is -0.744. The SMILES string of the molecule is O=C(Cn1cnc([N+](=O)[O-])n1)N/N=C/c1cccc(Cl)c1. The van der Waals surface area contributed by atoms with Gasteiger partial charge in [-0.2, -0.15) is 9.78 Å². The van der Waals surface area contributed by atoms with Gasteiger partial charge < -0.3 is 10.1 Å². The summed E-state index contributed by atoms with van der Waals surface area (Å²) in [5.41, 5.74) is 2.99. The quantitative estimate of drug-likeness (QED) is 0.502. The minimum Gasteiger partial charge on any atom is -0.390 e. The summed E-state index contributed by atoms with van der Waals surface area (Å²) in [6, 6.07) is 6.91. The number of hydrogen-bond donors (Lipinski definition) is 1. The van der Waals surface area contributed by atoms with Gasteiger partial charge >= 0.3 is 5.95 Å². The van der Waals surface area contributed by atoms with Crippen molar-refractivity contribution in [2.75, 3.05) is 0 Å². The van der Waals surface area contributed by atoms with Crippen molar-refractivity contribution < 1.29 is 9.72 Å². The molecule has 1 heterocycles. The van der Waals surface area contributed by atoms with Crippen LogP contribution >= 0.6 is 11.6 Å². The number of hydrazone groups is 1. The summed E-state index contributed by atoms with van der Waals surface area (Å²) in [7, 11) is 0. The molecule has 10 heteroatoms. The largest absolute Gasteiger partial charge is 0.490 e. The molecule has 0 saturated heterocycles. The van der Waals surface area contributed by atoms with E-state index in [9.17, 15) is 14.9 Å². The fourth-order valence-electron chi connectivity index (χ4n) is 1.39. The number of nitrogens with one attached hydrogen (secondary N) is 1. The molecule has 0 aliphatic carbocycles. The van der Waals surface area contributed by atoms with Crippen LogP contribution in [0.3, 0.4) is 0 Å². The van der Waals surface area contributed by atoms with Crippen LogP contribution in [0.1, 0.15) is 5.56 Å². The number of carbonyl (C=O) groups excluding carboxylic acids is 1. The van der Waals surface area contributed by atoms with E-state index in [2.05, 4.69) is 20.6 Å². The van der Waals surface area contributed by atoms with Crippen molar-refractivity contribution >= 4 is 29.7 Å². The Balaban J connectivity index is 1.88. The lowest BCUT2D eigenvalue weighted by Gasteiger charge is -1.97. The Labute approximate surface area is 123 Å². The van der Waals surface area contributed by atoms with Crippen LogP contribution in [0, 0.1) is 10.1 Å². The molecule has 0 aliphatic heterocycles. The predicted octanol–water partition coefficient (Wildman–Crippen LogP) is 0.990. The third-order valence-electron chi connectivity index (χ3n) is 2.24. The summed E-state index contributed by atoms with van der Waals surface area (Å²) >= 11 is 5.80. The second-order valence-corrected chi connectivity index (χ2v) is 4.28. The van der Waals surface area contributed by atoms with Gasteiger partial charge in [-0.1, -0.05) is 28.7 Å². The van der Waals surface area contributed by atoms with E-state index < -0.39 is 16.8 Å². The van der Waals surface area contributed by atoms with E-state index in [0.29, 0.717) is 5.02 Å². The summed E-state index contributed by atoms with van der Waals surface area (Å²) in [6.45, 7) is -0.228. The molecule has 0 saturated carbocycles. The monoisotopic (exact) mass is 308 g/mol. The Morgan fingerprint density at radius 3 is 3.05 bits per heavy atom. The Bertz CT molecular complexity index is 699. The molecule has 2 rings (SSSR count). The predicted molar refractivity (Wildman–Crippen MR) is 73.9 cm³/mol. The molecule has 0 fully saturated rings. The summed E-state index contributed by atoms with van der Waals surface area (Å²) in [5.74, 6) is -1.06. The highest BCUT2D eigenvalue weighted by Gasteiger charge is 2.14. The lowest BCUT2D eigenvalue weighted by atomic mass is 10.2. The highest BCUT2D eigenvalue weighted by Crippen LogP contribution is 2.08. The van der Waals surface area contributed by atoms with E-state index in [1.54, 1.807) is 24.3 Å². The van der Waals surface area contributed by atoms with E-state index in [1.807, 2.05) is 0 Å². The Morgan fingerprint density at radius 2 is 2.38 bits per heavy atom. The molecule has 0 aliphatic rings. The number of benzene rings is 1. The number of hydrogen-bond acceptors (Lipinski definition) is 6. The topological polar surface area (TPSA) is 115 Å². The number of aromatic nitrogens is 3. The fraction of sp³-hybridized carbons (Fsp3) is 0.0909. The lowest BCUT2D eigenvalue weighted by Crippen LogP contribution is -2.23. The molecule has 1 N–H and O–H groups in total. The summed E-state index contributed by atoms with van der Waals surface area (Å²) in [5, 5.41) is 18.2. The van der Waals surface area contributed by atoms with Gasteiger partial charge in [0.1, 0.15) is 6.54 Å². The molecule has 0 unspecified atom stereocenters. The van der Waals surface area contributed by atoms with Gasteiger partial charge in [-0.15, -0.1) is 0 Å². The summed E-state index contributed by atoms with van der Waals surface area (Å²) < 4.78 is 1.04. The van der Waals surface area contributed by atoms with Crippen molar-refractivity contribution in [1.29, 1.82) is 0 Å². The van der Waals surface area contributed by atoms with Crippen LogP contribution in [0.2, 0.25) is 5.02 Å². The zero-order valence-electron chi connectivity index (χ0n) is 10.5. The second-order valence-electron chi connectivity index (χ2n) is 3.85. The highest BCUT2D eigenvalue weighted by atomic mass is 35.5. The third-order valence-corrected chi connectivity index (χ3v) is 2.48. The van der Waals surface area contributed by atoms with Crippen LogP contribution in [0.5, 0.6) is 0 Å². The first-order chi connectivity index (χ1) is 10.0. The van der Waals surface area contributed by atoms with E-state index >= 15 is 0 Å². The first-order valence-electron chi connectivity index (χ1n) is 5.66. The smallest absolute Gasteiger partial charge is 0.390 e. The maximum absolute atomic E-state index is 11.5. The van der Waals surface area contributed by atoms with Gasteiger partial charge in [-0.05, 0) is 22.6 Å².